The van der Waals surface area contributed by atoms with Crippen molar-refractivity contribution >= 4 is 17.6 Å². The van der Waals surface area contributed by atoms with Crippen LogP contribution in [-0.4, -0.2) is 74.9 Å². The topological polar surface area (TPSA) is 86.8 Å². The number of carbonyl (C=O) groups excluding carboxylic acids is 2. The number of hydrogen-bond acceptors (Lipinski definition) is 8. The van der Waals surface area contributed by atoms with Gasteiger partial charge in [-0.25, -0.2) is 9.86 Å². The quantitative estimate of drug-likeness (QED) is 0.443. The smallest absolute Gasteiger partial charge is 0.434 e. The fourth-order valence-electron chi connectivity index (χ4n) is 4.39. The van der Waals surface area contributed by atoms with Crippen LogP contribution in [0, 0.1) is 13.8 Å². The molecular weight excluding hydrogens is 416 g/mol. The first-order valence-electron chi connectivity index (χ1n) is 10.8. The molecule has 0 aromatic heterocycles. The Morgan fingerprint density at radius 3 is 2.31 bits per heavy atom. The van der Waals surface area contributed by atoms with Crippen LogP contribution in [0.2, 0.25) is 0 Å². The Labute approximate surface area is 188 Å². The van der Waals surface area contributed by atoms with Gasteiger partial charge >= 0.3 is 6.16 Å². The molecule has 1 amide bonds. The highest BCUT2D eigenvalue weighted by Crippen LogP contribution is 2.48. The van der Waals surface area contributed by atoms with Crippen molar-refractivity contribution in [3.8, 4) is 0 Å². The van der Waals surface area contributed by atoms with Crippen LogP contribution >= 0.6 is 0 Å². The first-order valence-corrected chi connectivity index (χ1v) is 10.8. The first-order chi connectivity index (χ1) is 15.4. The van der Waals surface area contributed by atoms with E-state index in [1.54, 1.807) is 21.1 Å². The molecule has 1 saturated heterocycles. The fraction of sp³-hybridized carbons (Fsp3) is 0.565. The molecular formula is C23H32N2O7. The van der Waals surface area contributed by atoms with Crippen molar-refractivity contribution in [1.82, 2.24) is 10.1 Å². The summed E-state index contributed by atoms with van der Waals surface area (Å²) in [7, 11) is 3.18. The average Bonchev–Trinajstić information content (AvgIpc) is 2.97. The summed E-state index contributed by atoms with van der Waals surface area (Å²) >= 11 is 0. The summed E-state index contributed by atoms with van der Waals surface area (Å²) in [6.45, 7) is 7.29. The molecule has 0 saturated carbocycles. The van der Waals surface area contributed by atoms with Gasteiger partial charge in [0.15, 0.2) is 5.76 Å². The molecule has 3 rings (SSSR count). The van der Waals surface area contributed by atoms with Crippen molar-refractivity contribution in [3.05, 3.63) is 40.6 Å². The molecule has 0 radical (unpaired) electrons. The Morgan fingerprint density at radius 1 is 1.09 bits per heavy atom. The van der Waals surface area contributed by atoms with Crippen molar-refractivity contribution in [2.75, 3.05) is 47.1 Å². The lowest BCUT2D eigenvalue weighted by molar-refractivity contribution is -0.235. The third kappa shape index (κ3) is 4.52. The molecule has 2 aliphatic rings. The van der Waals surface area contributed by atoms with E-state index in [2.05, 4.69) is 0 Å². The minimum atomic E-state index is -0.962. The lowest BCUT2D eigenvalue weighted by atomic mass is 9.85. The van der Waals surface area contributed by atoms with E-state index in [1.807, 2.05) is 37.1 Å². The van der Waals surface area contributed by atoms with Crippen LogP contribution in [0.15, 0.2) is 24.0 Å². The Bertz CT molecular complexity index is 855. The average molecular weight is 449 g/mol. The molecule has 1 fully saturated rings. The standard InChI is InChI=1S/C23H32N2O7/c1-6-30-22(27)32-20-19(18-16(2)8-7-9-17(18)3)21(26)25(31-15-14-28-4)23(20)10-12-24(29-5)13-11-23/h7-9H,6,10-15H2,1-5H3. The number of methoxy groups -OCH3 is 1. The predicted octanol–water partition coefficient (Wildman–Crippen LogP) is 3.00. The number of hydroxylamine groups is 4. The fourth-order valence-corrected chi connectivity index (χ4v) is 4.39. The molecule has 1 spiro atoms. The number of nitrogens with zero attached hydrogens (tertiary/aromatic N) is 2. The van der Waals surface area contributed by atoms with Gasteiger partial charge in [0.05, 0.1) is 32.5 Å². The molecule has 1 aromatic rings. The number of aryl methyl sites for hydroxylation is 2. The molecule has 1 aromatic carbocycles. The highest BCUT2D eigenvalue weighted by Gasteiger charge is 2.57. The van der Waals surface area contributed by atoms with E-state index in [-0.39, 0.29) is 24.9 Å². The molecule has 0 unspecified atom stereocenters. The van der Waals surface area contributed by atoms with Gasteiger partial charge in [0.1, 0.15) is 5.54 Å². The van der Waals surface area contributed by atoms with Crippen LogP contribution in [0.5, 0.6) is 0 Å². The summed E-state index contributed by atoms with van der Waals surface area (Å²) in [4.78, 5) is 37.6. The summed E-state index contributed by atoms with van der Waals surface area (Å²) in [5.41, 5.74) is 1.92. The summed E-state index contributed by atoms with van der Waals surface area (Å²) in [6, 6.07) is 5.79. The predicted molar refractivity (Wildman–Crippen MR) is 116 cm³/mol. The SMILES string of the molecule is CCOC(=O)OC1=C(c2c(C)cccc2C)C(=O)N(OCCOC)C12CCN(OC)CC2. The van der Waals surface area contributed by atoms with Gasteiger partial charge in [-0.15, -0.1) is 0 Å². The van der Waals surface area contributed by atoms with Crippen LogP contribution in [0.1, 0.15) is 36.5 Å². The van der Waals surface area contributed by atoms with E-state index < -0.39 is 11.7 Å². The zero-order valence-electron chi connectivity index (χ0n) is 19.4. The number of piperidine rings is 1. The third-order valence-corrected chi connectivity index (χ3v) is 5.93. The molecule has 2 aliphatic heterocycles. The van der Waals surface area contributed by atoms with Crippen molar-refractivity contribution in [2.45, 2.75) is 39.2 Å². The largest absolute Gasteiger partial charge is 0.513 e. The summed E-state index contributed by atoms with van der Waals surface area (Å²) in [5.74, 6) is -0.0739. The van der Waals surface area contributed by atoms with Crippen LogP contribution in [-0.2, 0) is 28.7 Å². The van der Waals surface area contributed by atoms with E-state index in [0.717, 1.165) is 16.7 Å². The van der Waals surface area contributed by atoms with E-state index in [4.69, 9.17) is 23.9 Å². The van der Waals surface area contributed by atoms with Gasteiger partial charge in [-0.3, -0.25) is 9.63 Å². The van der Waals surface area contributed by atoms with Gasteiger partial charge in [0.25, 0.3) is 5.91 Å². The zero-order chi connectivity index (χ0) is 23.3. The van der Waals surface area contributed by atoms with Crippen molar-refractivity contribution in [1.29, 1.82) is 0 Å². The summed E-state index contributed by atoms with van der Waals surface area (Å²) < 4.78 is 16.0. The van der Waals surface area contributed by atoms with Crippen LogP contribution in [0.25, 0.3) is 5.57 Å². The normalized spacial score (nSPS) is 18.5. The molecule has 0 bridgehead atoms. The lowest BCUT2D eigenvalue weighted by Gasteiger charge is -2.43. The Hall–Kier alpha value is -2.46. The van der Waals surface area contributed by atoms with Crippen LogP contribution in [0.3, 0.4) is 0 Å². The van der Waals surface area contributed by atoms with Gasteiger partial charge in [-0.2, -0.15) is 5.06 Å². The van der Waals surface area contributed by atoms with E-state index in [9.17, 15) is 9.59 Å². The Balaban J connectivity index is 2.16. The molecule has 0 aliphatic carbocycles. The Kier molecular flexibility index (Phi) is 7.89. The van der Waals surface area contributed by atoms with Crippen LogP contribution in [0.4, 0.5) is 4.79 Å². The molecule has 0 N–H and O–H groups in total. The molecule has 32 heavy (non-hydrogen) atoms. The van der Waals surface area contributed by atoms with Crippen molar-refractivity contribution in [2.24, 2.45) is 0 Å². The number of hydrogen-bond donors (Lipinski definition) is 0. The third-order valence-electron chi connectivity index (χ3n) is 5.93. The van der Waals surface area contributed by atoms with Crippen molar-refractivity contribution in [3.63, 3.8) is 0 Å². The number of ether oxygens (including phenoxy) is 3. The van der Waals surface area contributed by atoms with E-state index >= 15 is 0 Å². The maximum Gasteiger partial charge on any atom is 0.513 e. The highest BCUT2D eigenvalue weighted by molar-refractivity contribution is 6.23. The minimum absolute atomic E-state index is 0.164. The van der Waals surface area contributed by atoms with Crippen molar-refractivity contribution < 1.29 is 33.5 Å². The van der Waals surface area contributed by atoms with Gasteiger partial charge in [0, 0.05) is 20.2 Å². The zero-order valence-corrected chi connectivity index (χ0v) is 19.4. The second-order valence-electron chi connectivity index (χ2n) is 7.82. The molecule has 9 nitrogen and oxygen atoms in total. The minimum Gasteiger partial charge on any atom is -0.434 e. The monoisotopic (exact) mass is 448 g/mol. The summed E-state index contributed by atoms with van der Waals surface area (Å²) in [5, 5.41) is 3.18. The van der Waals surface area contributed by atoms with Gasteiger partial charge < -0.3 is 19.0 Å². The van der Waals surface area contributed by atoms with Gasteiger partial charge in [-0.1, -0.05) is 18.2 Å². The second kappa shape index (κ2) is 10.4. The second-order valence-corrected chi connectivity index (χ2v) is 7.82. The lowest BCUT2D eigenvalue weighted by Crippen LogP contribution is -2.55. The first kappa shape index (κ1) is 24.2. The van der Waals surface area contributed by atoms with Crippen LogP contribution < -0.4 is 0 Å². The number of benzene rings is 1. The number of amides is 1. The molecule has 9 heteroatoms. The Morgan fingerprint density at radius 2 is 1.75 bits per heavy atom. The highest BCUT2D eigenvalue weighted by atomic mass is 16.7. The van der Waals surface area contributed by atoms with E-state index in [1.165, 1.54) is 5.06 Å². The maximum absolute atomic E-state index is 13.8. The molecule has 2 heterocycles. The molecule has 176 valence electrons. The van der Waals surface area contributed by atoms with Gasteiger partial charge in [0.2, 0.25) is 0 Å². The number of carbonyl (C=O) groups is 2. The van der Waals surface area contributed by atoms with E-state index in [0.29, 0.717) is 38.1 Å². The molecule has 0 atom stereocenters. The maximum atomic E-state index is 13.8. The summed E-state index contributed by atoms with van der Waals surface area (Å²) in [6.07, 6.45) is 0.0807. The van der Waals surface area contributed by atoms with Gasteiger partial charge in [-0.05, 0) is 50.3 Å². The number of rotatable bonds is 8.